The van der Waals surface area contributed by atoms with Crippen LogP contribution in [0.2, 0.25) is 0 Å². The van der Waals surface area contributed by atoms with Gasteiger partial charge in [0.1, 0.15) is 17.1 Å². The number of ether oxygens (including phenoxy) is 1. The van der Waals surface area contributed by atoms with Crippen LogP contribution in [0.15, 0.2) is 46.9 Å². The molecule has 3 rings (SSSR count). The number of carbonyl (C=O) groups is 1. The Morgan fingerprint density at radius 2 is 1.62 bits per heavy atom. The van der Waals surface area contributed by atoms with Gasteiger partial charge >= 0.3 is 0 Å². The van der Waals surface area contributed by atoms with E-state index < -0.39 is 4.92 Å². The van der Waals surface area contributed by atoms with E-state index in [0.29, 0.717) is 34.3 Å². The molecule has 200 valence electrons. The Kier molecular flexibility index (Phi) is 10.7. The first-order valence-corrected chi connectivity index (χ1v) is 13.7. The number of unbranched alkanes of at least 4 members (excludes halogenated alkanes) is 3. The van der Waals surface area contributed by atoms with Crippen molar-refractivity contribution in [2.75, 3.05) is 13.1 Å². The average molecular weight is 509 g/mol. The number of ketones is 1. The molecule has 2 aromatic carbocycles. The molecular weight excluding hydrogens is 468 g/mol. The second kappa shape index (κ2) is 13.9. The predicted molar refractivity (Wildman–Crippen MR) is 147 cm³/mol. The van der Waals surface area contributed by atoms with Crippen LogP contribution in [-0.4, -0.2) is 34.9 Å². The number of benzene rings is 2. The van der Waals surface area contributed by atoms with E-state index in [-0.39, 0.29) is 17.7 Å². The van der Waals surface area contributed by atoms with Crippen LogP contribution in [-0.2, 0) is 6.42 Å². The van der Waals surface area contributed by atoms with Crippen LogP contribution in [0.3, 0.4) is 0 Å². The summed E-state index contributed by atoms with van der Waals surface area (Å²) in [6.45, 7) is 10.6. The minimum Gasteiger partial charge on any atom is -0.475 e. The quantitative estimate of drug-likeness (QED) is 0.0845. The fourth-order valence-corrected chi connectivity index (χ4v) is 4.54. The summed E-state index contributed by atoms with van der Waals surface area (Å²) in [5, 5.41) is 11.8. The first kappa shape index (κ1) is 28.4. The Bertz CT molecular complexity index is 1160. The SMILES string of the molecule is CCCCc1oc2ccc([N+](=O)[O-])cc2c1C(=O)c1ccc(OC(CC)N(CCCC)CCCC)cc1. The van der Waals surface area contributed by atoms with E-state index in [0.717, 1.165) is 63.8 Å². The highest BCUT2D eigenvalue weighted by Crippen LogP contribution is 2.32. The van der Waals surface area contributed by atoms with Crippen molar-refractivity contribution in [1.29, 1.82) is 0 Å². The first-order chi connectivity index (χ1) is 17.9. The lowest BCUT2D eigenvalue weighted by Crippen LogP contribution is -2.40. The Morgan fingerprint density at radius 3 is 2.19 bits per heavy atom. The molecule has 0 bridgehead atoms. The van der Waals surface area contributed by atoms with Crippen molar-refractivity contribution >= 4 is 22.4 Å². The molecule has 7 nitrogen and oxygen atoms in total. The van der Waals surface area contributed by atoms with Crippen LogP contribution in [0.4, 0.5) is 5.69 Å². The molecule has 0 aliphatic heterocycles. The molecule has 0 N–H and O–H groups in total. The highest BCUT2D eigenvalue weighted by molar-refractivity contribution is 6.17. The van der Waals surface area contributed by atoms with Crippen molar-refractivity contribution in [3.05, 3.63) is 69.5 Å². The van der Waals surface area contributed by atoms with Crippen LogP contribution in [0, 0.1) is 10.1 Å². The fraction of sp³-hybridized carbons (Fsp3) is 0.500. The molecular formula is C30H40N2O5. The molecule has 0 saturated heterocycles. The second-order valence-corrected chi connectivity index (χ2v) is 9.52. The van der Waals surface area contributed by atoms with Crippen molar-refractivity contribution in [1.82, 2.24) is 4.90 Å². The number of nitrogens with zero attached hydrogens (tertiary/aromatic N) is 2. The van der Waals surface area contributed by atoms with Crippen molar-refractivity contribution in [2.24, 2.45) is 0 Å². The molecule has 3 aromatic rings. The lowest BCUT2D eigenvalue weighted by atomic mass is 9.98. The van der Waals surface area contributed by atoms with Crippen LogP contribution in [0.25, 0.3) is 11.0 Å². The van der Waals surface area contributed by atoms with E-state index in [1.165, 1.54) is 12.1 Å². The average Bonchev–Trinajstić information content (AvgIpc) is 3.28. The third-order valence-electron chi connectivity index (χ3n) is 6.68. The number of rotatable bonds is 16. The number of nitro groups is 1. The van der Waals surface area contributed by atoms with Crippen molar-refractivity contribution < 1.29 is 18.9 Å². The van der Waals surface area contributed by atoms with Gasteiger partial charge in [0.15, 0.2) is 12.0 Å². The molecule has 37 heavy (non-hydrogen) atoms. The summed E-state index contributed by atoms with van der Waals surface area (Å²) in [5.74, 6) is 1.10. The largest absolute Gasteiger partial charge is 0.475 e. The number of furan rings is 1. The maximum Gasteiger partial charge on any atom is 0.270 e. The van der Waals surface area contributed by atoms with Gasteiger partial charge in [-0.1, -0.05) is 47.0 Å². The summed E-state index contributed by atoms with van der Waals surface area (Å²) in [5.41, 5.74) is 1.35. The minimum absolute atomic E-state index is 0.0151. The lowest BCUT2D eigenvalue weighted by Gasteiger charge is -2.31. The number of hydrogen-bond donors (Lipinski definition) is 0. The molecule has 7 heteroatoms. The van der Waals surface area contributed by atoms with Gasteiger partial charge in [0.25, 0.3) is 5.69 Å². The minimum atomic E-state index is -0.451. The Morgan fingerprint density at radius 1 is 0.973 bits per heavy atom. The number of non-ortho nitro benzene ring substituents is 1. The third-order valence-corrected chi connectivity index (χ3v) is 6.68. The molecule has 0 spiro atoms. The fourth-order valence-electron chi connectivity index (χ4n) is 4.54. The number of nitro benzene ring substituents is 1. The van der Waals surface area contributed by atoms with E-state index in [1.54, 1.807) is 18.2 Å². The molecule has 0 fully saturated rings. The molecule has 0 saturated carbocycles. The molecule has 0 radical (unpaired) electrons. The van der Waals surface area contributed by atoms with Gasteiger partial charge in [0.2, 0.25) is 0 Å². The second-order valence-electron chi connectivity index (χ2n) is 9.52. The zero-order valence-electron chi connectivity index (χ0n) is 22.6. The van der Waals surface area contributed by atoms with Crippen molar-refractivity contribution in [3.8, 4) is 5.75 Å². The van der Waals surface area contributed by atoms with Crippen molar-refractivity contribution in [2.45, 2.75) is 85.3 Å². The molecule has 0 aliphatic carbocycles. The van der Waals surface area contributed by atoms with E-state index in [2.05, 4.69) is 32.6 Å². The maximum atomic E-state index is 13.6. The van der Waals surface area contributed by atoms with Gasteiger partial charge in [0.05, 0.1) is 10.5 Å². The van der Waals surface area contributed by atoms with E-state index in [9.17, 15) is 14.9 Å². The predicted octanol–water partition coefficient (Wildman–Crippen LogP) is 7.93. The van der Waals surface area contributed by atoms with Crippen LogP contribution < -0.4 is 4.74 Å². The van der Waals surface area contributed by atoms with Crippen molar-refractivity contribution in [3.63, 3.8) is 0 Å². The Hall–Kier alpha value is -3.19. The van der Waals surface area contributed by atoms with Gasteiger partial charge in [-0.15, -0.1) is 0 Å². The van der Waals surface area contributed by atoms with E-state index in [4.69, 9.17) is 9.15 Å². The van der Waals surface area contributed by atoms with E-state index in [1.807, 2.05) is 12.1 Å². The zero-order valence-corrected chi connectivity index (χ0v) is 22.6. The Balaban J connectivity index is 1.87. The zero-order chi connectivity index (χ0) is 26.8. The lowest BCUT2D eigenvalue weighted by molar-refractivity contribution is -0.384. The van der Waals surface area contributed by atoms with Crippen LogP contribution >= 0.6 is 0 Å². The number of hydrogen-bond acceptors (Lipinski definition) is 6. The summed E-state index contributed by atoms with van der Waals surface area (Å²) < 4.78 is 12.3. The van der Waals surface area contributed by atoms with Gasteiger partial charge in [-0.3, -0.25) is 19.8 Å². The van der Waals surface area contributed by atoms with Crippen LogP contribution in [0.5, 0.6) is 5.75 Å². The molecule has 1 heterocycles. The highest BCUT2D eigenvalue weighted by Gasteiger charge is 2.24. The standard InChI is InChI=1S/C30H40N2O5/c1-5-9-12-27-29(25-21-23(32(34)35)15-18-26(25)37-27)30(33)22-13-16-24(17-14-22)36-28(8-4)31(19-10-6-2)20-11-7-3/h13-18,21,28H,5-12,19-20H2,1-4H3. The maximum absolute atomic E-state index is 13.6. The molecule has 1 aromatic heterocycles. The highest BCUT2D eigenvalue weighted by atomic mass is 16.6. The molecule has 1 atom stereocenters. The monoisotopic (exact) mass is 508 g/mol. The summed E-state index contributed by atoms with van der Waals surface area (Å²) in [7, 11) is 0. The summed E-state index contributed by atoms with van der Waals surface area (Å²) in [6.07, 6.45) is 7.81. The summed E-state index contributed by atoms with van der Waals surface area (Å²) in [6, 6.07) is 11.6. The first-order valence-electron chi connectivity index (χ1n) is 13.7. The molecule has 1 unspecified atom stereocenters. The summed E-state index contributed by atoms with van der Waals surface area (Å²) >= 11 is 0. The third kappa shape index (κ3) is 7.19. The topological polar surface area (TPSA) is 85.8 Å². The van der Waals surface area contributed by atoms with Gasteiger partial charge in [-0.2, -0.15) is 0 Å². The molecule has 0 aliphatic rings. The molecule has 0 amide bonds. The Labute approximate surface area is 219 Å². The summed E-state index contributed by atoms with van der Waals surface area (Å²) in [4.78, 5) is 27.0. The van der Waals surface area contributed by atoms with Gasteiger partial charge in [-0.05, 0) is 56.0 Å². The smallest absolute Gasteiger partial charge is 0.270 e. The van der Waals surface area contributed by atoms with Gasteiger partial charge in [-0.25, -0.2) is 0 Å². The van der Waals surface area contributed by atoms with Crippen LogP contribution in [0.1, 0.15) is 94.3 Å². The normalized spacial score (nSPS) is 12.2. The number of fused-ring (bicyclic) bond motifs is 1. The van der Waals surface area contributed by atoms with Gasteiger partial charge in [0, 0.05) is 42.6 Å². The number of carbonyl (C=O) groups excluding carboxylic acids is 1. The number of aryl methyl sites for hydroxylation is 1. The van der Waals surface area contributed by atoms with E-state index >= 15 is 0 Å². The van der Waals surface area contributed by atoms with Gasteiger partial charge < -0.3 is 9.15 Å².